The second-order valence-corrected chi connectivity index (χ2v) is 6.36. The van der Waals surface area contributed by atoms with Gasteiger partial charge in [-0.15, -0.1) is 0 Å². The molecule has 5 N–H and O–H groups in total. The van der Waals surface area contributed by atoms with Gasteiger partial charge < -0.3 is 39.7 Å². The Morgan fingerprint density at radius 3 is 2.46 bits per heavy atom. The summed E-state index contributed by atoms with van der Waals surface area (Å²) < 4.78 is 16.1. The molecule has 0 saturated carbocycles. The second-order valence-electron chi connectivity index (χ2n) is 6.36. The van der Waals surface area contributed by atoms with E-state index in [0.717, 1.165) is 5.56 Å². The van der Waals surface area contributed by atoms with Crippen LogP contribution in [0.15, 0.2) is 12.1 Å². The highest BCUT2D eigenvalue weighted by molar-refractivity contribution is 5.48. The van der Waals surface area contributed by atoms with Crippen molar-refractivity contribution in [3.8, 4) is 11.5 Å². The molecule has 0 aliphatic carbocycles. The number of hydrogen-bond donors (Lipinski definition) is 5. The van der Waals surface area contributed by atoms with Crippen LogP contribution in [0.4, 0.5) is 0 Å². The number of phenols is 1. The molecule has 1 fully saturated rings. The van der Waals surface area contributed by atoms with Crippen LogP contribution in [0.25, 0.3) is 0 Å². The fourth-order valence-corrected chi connectivity index (χ4v) is 3.02. The van der Waals surface area contributed by atoms with Gasteiger partial charge in [-0.2, -0.15) is 0 Å². The Labute approximate surface area is 152 Å². The van der Waals surface area contributed by atoms with Crippen LogP contribution in [0, 0.1) is 0 Å². The van der Waals surface area contributed by atoms with Crippen LogP contribution in [0.2, 0.25) is 0 Å². The zero-order valence-corrected chi connectivity index (χ0v) is 15.0. The summed E-state index contributed by atoms with van der Waals surface area (Å²) in [6.45, 7) is 1.78. The van der Waals surface area contributed by atoms with E-state index in [4.69, 9.17) is 14.2 Å². The minimum atomic E-state index is -1.32. The average Bonchev–Trinajstić information content (AvgIpc) is 2.65. The molecule has 8 heteroatoms. The lowest BCUT2D eigenvalue weighted by molar-refractivity contribution is -0.297. The minimum Gasteiger partial charge on any atom is -0.504 e. The van der Waals surface area contributed by atoms with Gasteiger partial charge in [0.25, 0.3) is 0 Å². The van der Waals surface area contributed by atoms with Crippen molar-refractivity contribution in [1.29, 1.82) is 0 Å². The van der Waals surface area contributed by atoms with Gasteiger partial charge in [-0.25, -0.2) is 0 Å². The number of aliphatic hydroxyl groups is 4. The zero-order chi connectivity index (χ0) is 19.3. The Morgan fingerprint density at radius 1 is 1.12 bits per heavy atom. The number of hydrogen-bond acceptors (Lipinski definition) is 8. The highest BCUT2D eigenvalue weighted by Gasteiger charge is 2.43. The lowest BCUT2D eigenvalue weighted by atomic mass is 9.97. The number of aryl methyl sites for hydroxylation is 1. The van der Waals surface area contributed by atoms with E-state index in [0.29, 0.717) is 30.6 Å². The first-order valence-electron chi connectivity index (χ1n) is 8.73. The molecule has 8 nitrogen and oxygen atoms in total. The average molecular weight is 372 g/mol. The smallest absolute Gasteiger partial charge is 0.186 e. The van der Waals surface area contributed by atoms with Gasteiger partial charge in [0.05, 0.1) is 26.4 Å². The fourth-order valence-electron chi connectivity index (χ4n) is 3.02. The quantitative estimate of drug-likeness (QED) is 0.405. The Morgan fingerprint density at radius 2 is 1.85 bits per heavy atom. The van der Waals surface area contributed by atoms with Crippen LogP contribution in [0.3, 0.4) is 0 Å². The molecule has 148 valence electrons. The molecule has 1 aliphatic rings. The molecule has 0 bridgehead atoms. The van der Waals surface area contributed by atoms with Gasteiger partial charge in [-0.3, -0.25) is 0 Å². The Kier molecular flexibility index (Phi) is 7.63. The lowest BCUT2D eigenvalue weighted by Gasteiger charge is -2.40. The first-order chi connectivity index (χ1) is 12.4. The third kappa shape index (κ3) is 4.64. The van der Waals surface area contributed by atoms with E-state index in [1.165, 1.54) is 7.11 Å². The summed E-state index contributed by atoms with van der Waals surface area (Å²) >= 11 is 0. The van der Waals surface area contributed by atoms with Gasteiger partial charge in [-0.1, -0.05) is 6.92 Å². The molecule has 1 saturated heterocycles. The van der Waals surface area contributed by atoms with E-state index < -0.39 is 30.7 Å². The summed E-state index contributed by atoms with van der Waals surface area (Å²) in [6, 6.07) is 3.38. The monoisotopic (exact) mass is 372 g/mol. The molecular formula is C18H28O8. The molecule has 0 aromatic heterocycles. The highest BCUT2D eigenvalue weighted by Crippen LogP contribution is 2.32. The normalized spacial score (nSPS) is 28.9. The molecule has 2 rings (SSSR count). The summed E-state index contributed by atoms with van der Waals surface area (Å²) in [7, 11) is 1.44. The van der Waals surface area contributed by atoms with Crippen molar-refractivity contribution in [1.82, 2.24) is 0 Å². The van der Waals surface area contributed by atoms with E-state index in [9.17, 15) is 25.5 Å². The lowest BCUT2D eigenvalue weighted by Crippen LogP contribution is -2.58. The molecular weight excluding hydrogens is 344 g/mol. The standard InChI is InChI=1S/C18H28O8/c1-3-12-15(21)16(22)17(23)18(26-12)25-6-4-5-10-7-11(9-19)14(20)13(8-10)24-2/h7-8,12,15-23H,3-6,9H2,1-2H3. The molecule has 1 heterocycles. The number of rotatable bonds is 8. The maximum Gasteiger partial charge on any atom is 0.186 e. The van der Waals surface area contributed by atoms with Gasteiger partial charge in [0.15, 0.2) is 17.8 Å². The van der Waals surface area contributed by atoms with Crippen molar-refractivity contribution in [2.45, 2.75) is 63.5 Å². The molecule has 1 aromatic rings. The minimum absolute atomic E-state index is 0.0770. The third-order valence-electron chi connectivity index (χ3n) is 4.57. The first-order valence-corrected chi connectivity index (χ1v) is 8.73. The number of aliphatic hydroxyl groups excluding tert-OH is 4. The van der Waals surface area contributed by atoms with Crippen molar-refractivity contribution in [3.63, 3.8) is 0 Å². The summed E-state index contributed by atoms with van der Waals surface area (Å²) in [5, 5.41) is 48.8. The van der Waals surface area contributed by atoms with E-state index in [1.54, 1.807) is 12.1 Å². The number of benzene rings is 1. The predicted molar refractivity (Wildman–Crippen MR) is 91.8 cm³/mol. The SMILES string of the molecule is CCC1OC(OCCCc2cc(CO)c(O)c(OC)c2)C(O)C(O)C1O. The van der Waals surface area contributed by atoms with Gasteiger partial charge in [0.2, 0.25) is 0 Å². The van der Waals surface area contributed by atoms with Crippen LogP contribution < -0.4 is 4.74 Å². The molecule has 0 spiro atoms. The van der Waals surface area contributed by atoms with E-state index >= 15 is 0 Å². The summed E-state index contributed by atoms with van der Waals surface area (Å²) in [4.78, 5) is 0. The largest absolute Gasteiger partial charge is 0.504 e. The highest BCUT2D eigenvalue weighted by atomic mass is 16.7. The Balaban J connectivity index is 1.88. The predicted octanol–water partition coefficient (Wildman–Crippen LogP) is 0.0599. The van der Waals surface area contributed by atoms with Gasteiger partial charge in [-0.05, 0) is 37.0 Å². The number of ether oxygens (including phenoxy) is 3. The second kappa shape index (κ2) is 9.50. The van der Waals surface area contributed by atoms with Crippen molar-refractivity contribution in [2.24, 2.45) is 0 Å². The molecule has 0 amide bonds. The Bertz CT molecular complexity index is 551. The zero-order valence-electron chi connectivity index (χ0n) is 15.0. The van der Waals surface area contributed by atoms with Crippen LogP contribution in [0.1, 0.15) is 30.9 Å². The van der Waals surface area contributed by atoms with Crippen LogP contribution in [-0.4, -0.2) is 70.0 Å². The van der Waals surface area contributed by atoms with Crippen LogP contribution in [0.5, 0.6) is 11.5 Å². The van der Waals surface area contributed by atoms with Crippen molar-refractivity contribution < 1.29 is 39.7 Å². The molecule has 5 atom stereocenters. The topological polar surface area (TPSA) is 129 Å². The van der Waals surface area contributed by atoms with E-state index in [1.807, 2.05) is 6.92 Å². The number of methoxy groups -OCH3 is 1. The maximum atomic E-state index is 9.97. The van der Waals surface area contributed by atoms with E-state index in [2.05, 4.69) is 0 Å². The summed E-state index contributed by atoms with van der Waals surface area (Å²) in [5.74, 6) is 0.216. The molecule has 1 aliphatic heterocycles. The fraction of sp³-hybridized carbons (Fsp3) is 0.667. The molecule has 0 radical (unpaired) electrons. The van der Waals surface area contributed by atoms with E-state index in [-0.39, 0.29) is 19.0 Å². The van der Waals surface area contributed by atoms with Crippen molar-refractivity contribution >= 4 is 0 Å². The third-order valence-corrected chi connectivity index (χ3v) is 4.57. The van der Waals surface area contributed by atoms with Crippen molar-refractivity contribution in [2.75, 3.05) is 13.7 Å². The number of aromatic hydroxyl groups is 1. The summed E-state index contributed by atoms with van der Waals surface area (Å²) in [5.41, 5.74) is 1.24. The van der Waals surface area contributed by atoms with Gasteiger partial charge >= 0.3 is 0 Å². The molecule has 1 aromatic carbocycles. The summed E-state index contributed by atoms with van der Waals surface area (Å²) in [6.07, 6.45) is -3.70. The molecule has 5 unspecified atom stereocenters. The van der Waals surface area contributed by atoms with Crippen LogP contribution >= 0.6 is 0 Å². The molecule has 26 heavy (non-hydrogen) atoms. The maximum absolute atomic E-state index is 9.97. The van der Waals surface area contributed by atoms with Gasteiger partial charge in [0.1, 0.15) is 18.3 Å². The van der Waals surface area contributed by atoms with Crippen molar-refractivity contribution in [3.05, 3.63) is 23.3 Å². The Hall–Kier alpha value is -1.42. The van der Waals surface area contributed by atoms with Crippen LogP contribution in [-0.2, 0) is 22.5 Å². The first kappa shape index (κ1) is 20.9. The van der Waals surface area contributed by atoms with Gasteiger partial charge in [0, 0.05) is 5.56 Å².